The van der Waals surface area contributed by atoms with E-state index < -0.39 is 6.10 Å². The highest BCUT2D eigenvalue weighted by molar-refractivity contribution is 7.99. The van der Waals surface area contributed by atoms with Crippen LogP contribution >= 0.6 is 11.8 Å². The second-order valence-corrected chi connectivity index (χ2v) is 5.12. The minimum atomic E-state index is -0.866. The van der Waals surface area contributed by atoms with E-state index in [2.05, 4.69) is 20.2 Å². The molecule has 0 saturated heterocycles. The molecule has 0 unspecified atom stereocenters. The SMILES string of the molecule is CCSc1ncnc2n[nH]c(COC[C@@H](O)CO)c12. The van der Waals surface area contributed by atoms with Crippen LogP contribution in [0.1, 0.15) is 12.6 Å². The van der Waals surface area contributed by atoms with E-state index in [0.717, 1.165) is 21.9 Å². The monoisotopic (exact) mass is 284 g/mol. The summed E-state index contributed by atoms with van der Waals surface area (Å²) in [5, 5.41) is 26.6. The molecule has 0 aliphatic rings. The molecule has 104 valence electrons. The van der Waals surface area contributed by atoms with Gasteiger partial charge in [-0.2, -0.15) is 5.10 Å². The van der Waals surface area contributed by atoms with Crippen molar-refractivity contribution in [1.29, 1.82) is 0 Å². The Morgan fingerprint density at radius 1 is 1.47 bits per heavy atom. The van der Waals surface area contributed by atoms with Gasteiger partial charge in [0, 0.05) is 0 Å². The molecule has 0 bridgehead atoms. The molecule has 0 saturated carbocycles. The summed E-state index contributed by atoms with van der Waals surface area (Å²) in [5.74, 6) is 0.904. The molecule has 7 nitrogen and oxygen atoms in total. The van der Waals surface area contributed by atoms with Gasteiger partial charge in [-0.15, -0.1) is 11.8 Å². The zero-order valence-corrected chi connectivity index (χ0v) is 11.4. The smallest absolute Gasteiger partial charge is 0.185 e. The van der Waals surface area contributed by atoms with Crippen LogP contribution in [0.3, 0.4) is 0 Å². The molecule has 19 heavy (non-hydrogen) atoms. The number of ether oxygens (including phenoxy) is 1. The molecule has 0 aliphatic carbocycles. The summed E-state index contributed by atoms with van der Waals surface area (Å²) in [6.07, 6.45) is 0.622. The molecule has 0 amide bonds. The van der Waals surface area contributed by atoms with Crippen LogP contribution in [0.2, 0.25) is 0 Å². The third-order valence-electron chi connectivity index (χ3n) is 2.44. The normalized spacial score (nSPS) is 13.0. The Labute approximate surface area is 114 Å². The summed E-state index contributed by atoms with van der Waals surface area (Å²) in [6.45, 7) is 2.06. The second-order valence-electron chi connectivity index (χ2n) is 3.86. The molecule has 0 aliphatic heterocycles. The number of hydrogen-bond acceptors (Lipinski definition) is 7. The second kappa shape index (κ2) is 6.80. The predicted molar refractivity (Wildman–Crippen MR) is 70.8 cm³/mol. The molecule has 1 atom stereocenters. The standard InChI is InChI=1S/C11H16N4O3S/c1-2-19-11-9-8(5-18-4-7(17)3-16)14-15-10(9)12-6-13-11/h6-7,16-17H,2-5H2,1H3,(H,12,13,14,15)/t7-/m0/s1. The lowest BCUT2D eigenvalue weighted by atomic mass is 10.3. The first-order valence-electron chi connectivity index (χ1n) is 5.93. The first kappa shape index (κ1) is 14.2. The van der Waals surface area contributed by atoms with E-state index in [9.17, 15) is 5.11 Å². The minimum absolute atomic E-state index is 0.0704. The molecule has 2 aromatic rings. The third kappa shape index (κ3) is 3.41. The highest BCUT2D eigenvalue weighted by Gasteiger charge is 2.13. The van der Waals surface area contributed by atoms with E-state index in [1.54, 1.807) is 11.8 Å². The summed E-state index contributed by atoms with van der Waals surface area (Å²) in [4.78, 5) is 8.33. The van der Waals surface area contributed by atoms with Gasteiger partial charge in [0.2, 0.25) is 0 Å². The first-order chi connectivity index (χ1) is 9.26. The summed E-state index contributed by atoms with van der Waals surface area (Å²) in [7, 11) is 0. The van der Waals surface area contributed by atoms with E-state index >= 15 is 0 Å². The van der Waals surface area contributed by atoms with Gasteiger partial charge in [0.05, 0.1) is 30.9 Å². The van der Waals surface area contributed by atoms with Crippen molar-refractivity contribution < 1.29 is 14.9 Å². The van der Waals surface area contributed by atoms with Gasteiger partial charge in [0.15, 0.2) is 5.65 Å². The number of thioether (sulfide) groups is 1. The van der Waals surface area contributed by atoms with Crippen LogP contribution in [-0.4, -0.2) is 55.4 Å². The fourth-order valence-electron chi connectivity index (χ4n) is 1.59. The number of nitrogens with one attached hydrogen (secondary N) is 1. The number of nitrogens with zero attached hydrogens (tertiary/aromatic N) is 3. The van der Waals surface area contributed by atoms with Gasteiger partial charge in [0.1, 0.15) is 17.5 Å². The number of aliphatic hydroxyl groups excluding tert-OH is 2. The Kier molecular flexibility index (Phi) is 5.08. The number of hydrogen-bond donors (Lipinski definition) is 3. The van der Waals surface area contributed by atoms with E-state index in [1.165, 1.54) is 6.33 Å². The minimum Gasteiger partial charge on any atom is -0.394 e. The Hall–Kier alpha value is -1.22. The van der Waals surface area contributed by atoms with Crippen LogP contribution in [0.25, 0.3) is 11.0 Å². The number of aliphatic hydroxyl groups is 2. The van der Waals surface area contributed by atoms with Crippen molar-refractivity contribution >= 4 is 22.8 Å². The van der Waals surface area contributed by atoms with Gasteiger partial charge < -0.3 is 14.9 Å². The summed E-state index contributed by atoms with van der Waals surface area (Å²) >= 11 is 1.61. The van der Waals surface area contributed by atoms with Crippen LogP contribution in [0.15, 0.2) is 11.4 Å². The maximum absolute atomic E-state index is 9.21. The van der Waals surface area contributed by atoms with Gasteiger partial charge >= 0.3 is 0 Å². The largest absolute Gasteiger partial charge is 0.394 e. The van der Waals surface area contributed by atoms with Crippen molar-refractivity contribution in [3.8, 4) is 0 Å². The molecule has 2 heterocycles. The molecule has 8 heteroatoms. The van der Waals surface area contributed by atoms with Crippen LogP contribution in [0.5, 0.6) is 0 Å². The van der Waals surface area contributed by atoms with Gasteiger partial charge in [-0.3, -0.25) is 5.10 Å². The molecule has 0 aromatic carbocycles. The van der Waals surface area contributed by atoms with Crippen LogP contribution in [-0.2, 0) is 11.3 Å². The van der Waals surface area contributed by atoms with Crippen molar-refractivity contribution in [2.45, 2.75) is 24.7 Å². The molecular formula is C11H16N4O3S. The van der Waals surface area contributed by atoms with Crippen molar-refractivity contribution in [2.75, 3.05) is 19.0 Å². The Bertz CT molecular complexity index is 534. The predicted octanol–water partition coefficient (Wildman–Crippen LogP) is 0.335. The molecule has 2 rings (SSSR count). The first-order valence-corrected chi connectivity index (χ1v) is 6.92. The number of aromatic nitrogens is 4. The van der Waals surface area contributed by atoms with Crippen molar-refractivity contribution in [3.05, 3.63) is 12.0 Å². The maximum Gasteiger partial charge on any atom is 0.185 e. The number of fused-ring (bicyclic) bond motifs is 1. The zero-order valence-electron chi connectivity index (χ0n) is 10.5. The average Bonchev–Trinajstić information content (AvgIpc) is 2.83. The Morgan fingerprint density at radius 3 is 3.05 bits per heavy atom. The van der Waals surface area contributed by atoms with E-state index in [0.29, 0.717) is 5.65 Å². The topological polar surface area (TPSA) is 104 Å². The third-order valence-corrected chi connectivity index (χ3v) is 3.31. The molecule has 0 spiro atoms. The zero-order chi connectivity index (χ0) is 13.7. The summed E-state index contributed by atoms with van der Waals surface area (Å²) < 4.78 is 5.33. The molecule has 0 fully saturated rings. The van der Waals surface area contributed by atoms with Crippen molar-refractivity contribution in [3.63, 3.8) is 0 Å². The van der Waals surface area contributed by atoms with Crippen molar-refractivity contribution in [1.82, 2.24) is 20.2 Å². The maximum atomic E-state index is 9.21. The number of rotatable bonds is 7. The fraction of sp³-hybridized carbons (Fsp3) is 0.545. The highest BCUT2D eigenvalue weighted by atomic mass is 32.2. The van der Waals surface area contributed by atoms with Gasteiger partial charge in [-0.25, -0.2) is 9.97 Å². The highest BCUT2D eigenvalue weighted by Crippen LogP contribution is 2.26. The Morgan fingerprint density at radius 2 is 2.32 bits per heavy atom. The number of H-pyrrole nitrogens is 1. The fourth-order valence-corrected chi connectivity index (χ4v) is 2.34. The lowest BCUT2D eigenvalue weighted by Gasteiger charge is -2.07. The van der Waals surface area contributed by atoms with E-state index in [1.807, 2.05) is 6.92 Å². The summed E-state index contributed by atoms with van der Waals surface area (Å²) in [5.41, 5.74) is 1.38. The van der Waals surface area contributed by atoms with Crippen LogP contribution < -0.4 is 0 Å². The molecule has 3 N–H and O–H groups in total. The summed E-state index contributed by atoms with van der Waals surface area (Å²) in [6, 6.07) is 0. The lowest BCUT2D eigenvalue weighted by molar-refractivity contribution is -0.000578. The number of aromatic amines is 1. The quantitative estimate of drug-likeness (QED) is 0.497. The van der Waals surface area contributed by atoms with Gasteiger partial charge in [-0.1, -0.05) is 6.92 Å². The molecule has 0 radical (unpaired) electrons. The van der Waals surface area contributed by atoms with Gasteiger partial charge in [-0.05, 0) is 5.75 Å². The van der Waals surface area contributed by atoms with Gasteiger partial charge in [0.25, 0.3) is 0 Å². The molecule has 2 aromatic heterocycles. The lowest BCUT2D eigenvalue weighted by Crippen LogP contribution is -2.19. The van der Waals surface area contributed by atoms with Crippen LogP contribution in [0, 0.1) is 0 Å². The van der Waals surface area contributed by atoms with Crippen LogP contribution in [0.4, 0.5) is 0 Å². The van der Waals surface area contributed by atoms with Crippen molar-refractivity contribution in [2.24, 2.45) is 0 Å². The average molecular weight is 284 g/mol. The molecular weight excluding hydrogens is 268 g/mol. The Balaban J connectivity index is 2.14. The van der Waals surface area contributed by atoms with E-state index in [-0.39, 0.29) is 19.8 Å². The van der Waals surface area contributed by atoms with E-state index in [4.69, 9.17) is 9.84 Å².